The monoisotopic (exact) mass is 211 g/mol. The van der Waals surface area contributed by atoms with Crippen molar-refractivity contribution in [1.29, 1.82) is 0 Å². The molecule has 0 radical (unpaired) electrons. The largest absolute Gasteiger partial charge is 0.870 e. The highest BCUT2D eigenvalue weighted by Crippen LogP contribution is 2.24. The lowest BCUT2D eigenvalue weighted by molar-refractivity contribution is -0.270. The zero-order chi connectivity index (χ0) is 10.6. The van der Waals surface area contributed by atoms with E-state index in [0.29, 0.717) is 5.56 Å². The van der Waals surface area contributed by atoms with Gasteiger partial charge in [-0.1, -0.05) is 17.9 Å². The molecule has 0 atom stereocenters. The number of aliphatic carboxylic acids is 1. The molecule has 1 aromatic carbocycles. The highest BCUT2D eigenvalue weighted by atomic mass is 16.5. The van der Waals surface area contributed by atoms with Crippen LogP contribution in [-0.2, 0) is 4.79 Å². The van der Waals surface area contributed by atoms with Gasteiger partial charge in [0.2, 0.25) is 0 Å². The molecule has 0 bridgehead atoms. The van der Waals surface area contributed by atoms with E-state index in [-0.39, 0.29) is 17.6 Å². The lowest BCUT2D eigenvalue weighted by Gasteiger charge is -2.11. The van der Waals surface area contributed by atoms with Crippen LogP contribution in [0.25, 0.3) is 6.08 Å². The first-order valence-corrected chi connectivity index (χ1v) is 3.89. The number of methoxy groups -OCH3 is 1. The number of benzene rings is 1. The second-order valence-corrected chi connectivity index (χ2v) is 2.58. The Bertz CT molecular complexity index is 374. The normalized spacial score (nSPS) is 9.67. The summed E-state index contributed by atoms with van der Waals surface area (Å²) in [5.41, 5.74) is 0.615. The quantitative estimate of drug-likeness (QED) is 0.733. The SMILES string of the molecule is COc1cc(/C=C/C(=O)O)ccc1[O-].[NH4+]. The first-order valence-electron chi connectivity index (χ1n) is 3.89. The Morgan fingerprint density at radius 1 is 1.53 bits per heavy atom. The van der Waals surface area contributed by atoms with Gasteiger partial charge in [0.25, 0.3) is 0 Å². The molecule has 0 unspecified atom stereocenters. The molecule has 82 valence electrons. The van der Waals surface area contributed by atoms with Crippen molar-refractivity contribution in [2.24, 2.45) is 0 Å². The van der Waals surface area contributed by atoms with Gasteiger partial charge in [0.15, 0.2) is 0 Å². The third kappa shape index (κ3) is 3.70. The maximum atomic E-state index is 11.1. The van der Waals surface area contributed by atoms with Gasteiger partial charge < -0.3 is 21.1 Å². The van der Waals surface area contributed by atoms with Crippen molar-refractivity contribution in [3.8, 4) is 11.5 Å². The van der Waals surface area contributed by atoms with E-state index < -0.39 is 5.97 Å². The third-order valence-electron chi connectivity index (χ3n) is 1.61. The molecule has 0 fully saturated rings. The minimum atomic E-state index is -1.03. The molecule has 0 aliphatic rings. The van der Waals surface area contributed by atoms with Crippen LogP contribution in [0.15, 0.2) is 24.3 Å². The highest BCUT2D eigenvalue weighted by molar-refractivity contribution is 5.85. The van der Waals surface area contributed by atoms with E-state index in [1.807, 2.05) is 0 Å². The molecule has 5 nitrogen and oxygen atoms in total. The van der Waals surface area contributed by atoms with E-state index in [9.17, 15) is 9.90 Å². The molecule has 0 spiro atoms. The van der Waals surface area contributed by atoms with Gasteiger partial charge in [0.1, 0.15) is 5.75 Å². The summed E-state index contributed by atoms with van der Waals surface area (Å²) >= 11 is 0. The van der Waals surface area contributed by atoms with Gasteiger partial charge in [-0.3, -0.25) is 0 Å². The average Bonchev–Trinajstić information content (AvgIpc) is 2.16. The molecule has 0 saturated heterocycles. The fourth-order valence-corrected chi connectivity index (χ4v) is 0.955. The molecule has 0 aliphatic heterocycles. The van der Waals surface area contributed by atoms with Crippen molar-refractivity contribution in [1.82, 2.24) is 6.15 Å². The van der Waals surface area contributed by atoms with Gasteiger partial charge in [0, 0.05) is 6.08 Å². The summed E-state index contributed by atoms with van der Waals surface area (Å²) in [6.07, 6.45) is 2.39. The Morgan fingerprint density at radius 3 is 2.73 bits per heavy atom. The van der Waals surface area contributed by atoms with Crippen LogP contribution >= 0.6 is 0 Å². The van der Waals surface area contributed by atoms with Gasteiger partial charge in [-0.15, -0.1) is 0 Å². The third-order valence-corrected chi connectivity index (χ3v) is 1.61. The number of carboxylic acid groups (broad SMARTS) is 1. The van der Waals surface area contributed by atoms with Crippen molar-refractivity contribution in [2.45, 2.75) is 0 Å². The number of carboxylic acids is 1. The van der Waals surface area contributed by atoms with Gasteiger partial charge >= 0.3 is 5.97 Å². The summed E-state index contributed by atoms with van der Waals surface area (Å²) in [7, 11) is 1.39. The van der Waals surface area contributed by atoms with Crippen LogP contribution in [0.4, 0.5) is 0 Å². The fraction of sp³-hybridized carbons (Fsp3) is 0.100. The van der Waals surface area contributed by atoms with E-state index >= 15 is 0 Å². The maximum absolute atomic E-state index is 11.1. The lowest BCUT2D eigenvalue weighted by atomic mass is 10.2. The first-order chi connectivity index (χ1) is 6.63. The van der Waals surface area contributed by atoms with E-state index in [0.717, 1.165) is 6.08 Å². The van der Waals surface area contributed by atoms with Gasteiger partial charge in [-0.05, 0) is 17.7 Å². The number of ether oxygens (including phenoxy) is 1. The smallest absolute Gasteiger partial charge is 0.328 e. The molecule has 0 aliphatic carbocycles. The average molecular weight is 211 g/mol. The molecule has 1 aromatic rings. The van der Waals surface area contributed by atoms with Crippen molar-refractivity contribution in [3.63, 3.8) is 0 Å². The van der Waals surface area contributed by atoms with Crippen molar-refractivity contribution >= 4 is 12.0 Å². The Labute approximate surface area is 87.2 Å². The first kappa shape index (κ1) is 13.0. The Balaban J connectivity index is 0.00000196. The predicted octanol–water partition coefficient (Wildman–Crippen LogP) is 1.24. The van der Waals surface area contributed by atoms with Gasteiger partial charge in [0.05, 0.1) is 7.11 Å². The van der Waals surface area contributed by atoms with Crippen molar-refractivity contribution < 1.29 is 19.7 Å². The van der Waals surface area contributed by atoms with Crippen LogP contribution in [-0.4, -0.2) is 18.2 Å². The molecule has 5 N–H and O–H groups in total. The molecule has 0 heterocycles. The molecule has 0 amide bonds. The molecule has 0 saturated carbocycles. The molecular formula is C10H13NO4. The number of hydrogen-bond acceptors (Lipinski definition) is 3. The minimum absolute atomic E-state index is 0. The molecule has 5 heteroatoms. The second kappa shape index (κ2) is 5.66. The number of carbonyl (C=O) groups is 1. The topological polar surface area (TPSA) is 106 Å². The minimum Gasteiger partial charge on any atom is -0.870 e. The van der Waals surface area contributed by atoms with Crippen LogP contribution in [0.5, 0.6) is 11.5 Å². The van der Waals surface area contributed by atoms with Crippen LogP contribution in [0.3, 0.4) is 0 Å². The highest BCUT2D eigenvalue weighted by Gasteiger charge is 1.94. The lowest BCUT2D eigenvalue weighted by Crippen LogP contribution is -1.95. The summed E-state index contributed by atoms with van der Waals surface area (Å²) in [4.78, 5) is 10.2. The fourth-order valence-electron chi connectivity index (χ4n) is 0.955. The van der Waals surface area contributed by atoms with Gasteiger partial charge in [-0.2, -0.15) is 0 Å². The molecule has 0 aromatic heterocycles. The Morgan fingerprint density at radius 2 is 2.20 bits per heavy atom. The number of rotatable bonds is 3. The zero-order valence-corrected chi connectivity index (χ0v) is 8.56. The summed E-state index contributed by atoms with van der Waals surface area (Å²) in [5, 5.41) is 19.5. The molecule has 1 rings (SSSR count). The van der Waals surface area contributed by atoms with Crippen LogP contribution in [0.2, 0.25) is 0 Å². The van der Waals surface area contributed by atoms with E-state index in [4.69, 9.17) is 9.84 Å². The zero-order valence-electron chi connectivity index (χ0n) is 8.56. The molecule has 15 heavy (non-hydrogen) atoms. The second-order valence-electron chi connectivity index (χ2n) is 2.58. The standard InChI is InChI=1S/C10H10O4.H3N/c1-14-9-6-7(2-4-8(9)11)3-5-10(12)13;/h2-6,11H,1H3,(H,12,13);1H3/b5-3+;. The van der Waals surface area contributed by atoms with Crippen molar-refractivity contribution in [2.75, 3.05) is 7.11 Å². The maximum Gasteiger partial charge on any atom is 0.328 e. The predicted molar refractivity (Wildman–Crippen MR) is 55.1 cm³/mol. The summed E-state index contributed by atoms with van der Waals surface area (Å²) in [6.45, 7) is 0. The summed E-state index contributed by atoms with van der Waals surface area (Å²) in [5.74, 6) is -1.05. The number of hydrogen-bond donors (Lipinski definition) is 2. The van der Waals surface area contributed by atoms with Crippen LogP contribution < -0.4 is 16.0 Å². The van der Waals surface area contributed by atoms with Crippen molar-refractivity contribution in [3.05, 3.63) is 29.8 Å². The Kier molecular flexibility index (Phi) is 4.90. The molecular weight excluding hydrogens is 198 g/mol. The summed E-state index contributed by atoms with van der Waals surface area (Å²) in [6, 6.07) is 4.35. The van der Waals surface area contributed by atoms with Gasteiger partial charge in [-0.25, -0.2) is 4.79 Å². The Hall–Kier alpha value is -2.01. The van der Waals surface area contributed by atoms with Crippen LogP contribution in [0, 0.1) is 0 Å². The van der Waals surface area contributed by atoms with E-state index in [1.165, 1.54) is 31.4 Å². The van der Waals surface area contributed by atoms with E-state index in [2.05, 4.69) is 0 Å². The van der Waals surface area contributed by atoms with E-state index in [1.54, 1.807) is 0 Å². The summed E-state index contributed by atoms with van der Waals surface area (Å²) < 4.78 is 4.80. The number of quaternary nitrogens is 1. The van der Waals surface area contributed by atoms with Crippen LogP contribution in [0.1, 0.15) is 5.56 Å².